The number of aromatic nitrogens is 1. The molecule has 1 heterocycles. The Hall–Kier alpha value is -1.98. The molecule has 9 heteroatoms. The first-order valence-corrected chi connectivity index (χ1v) is 4.34. The minimum absolute atomic E-state index is 0.349. The summed E-state index contributed by atoms with van der Waals surface area (Å²) >= 11 is 0. The molecule has 0 unspecified atom stereocenters. The van der Waals surface area contributed by atoms with Gasteiger partial charge in [0.2, 0.25) is 0 Å². The van der Waals surface area contributed by atoms with Crippen molar-refractivity contribution in [1.82, 2.24) is 4.98 Å². The molecule has 0 aliphatic carbocycles. The molecule has 18 heavy (non-hydrogen) atoms. The van der Waals surface area contributed by atoms with Crippen LogP contribution >= 0.6 is 0 Å². The van der Waals surface area contributed by atoms with Gasteiger partial charge in [0.25, 0.3) is 12.3 Å². The van der Waals surface area contributed by atoms with Crippen molar-refractivity contribution in [2.24, 2.45) is 0 Å². The Kier molecular flexibility index (Phi) is 4.00. The van der Waals surface area contributed by atoms with Crippen LogP contribution in [-0.4, -0.2) is 11.3 Å². The fourth-order valence-corrected chi connectivity index (χ4v) is 1.15. The number of alkyl halides is 5. The summed E-state index contributed by atoms with van der Waals surface area (Å²) in [6, 6.07) is 1.37. The van der Waals surface area contributed by atoms with Gasteiger partial charge in [-0.15, -0.1) is 13.2 Å². The summed E-state index contributed by atoms with van der Waals surface area (Å²) in [7, 11) is 0. The molecule has 98 valence electrons. The fourth-order valence-electron chi connectivity index (χ4n) is 1.15. The van der Waals surface area contributed by atoms with E-state index < -0.39 is 42.0 Å². The van der Waals surface area contributed by atoms with Crippen molar-refractivity contribution in [3.05, 3.63) is 23.1 Å². The normalized spacial score (nSPS) is 11.4. The van der Waals surface area contributed by atoms with Crippen molar-refractivity contribution in [2.45, 2.75) is 19.2 Å². The van der Waals surface area contributed by atoms with E-state index in [0.29, 0.717) is 6.20 Å². The molecule has 0 aromatic carbocycles. The van der Waals surface area contributed by atoms with Crippen LogP contribution in [0.3, 0.4) is 0 Å². The van der Waals surface area contributed by atoms with Gasteiger partial charge >= 0.3 is 6.36 Å². The summed E-state index contributed by atoms with van der Waals surface area (Å²) in [4.78, 5) is 2.82. The predicted molar refractivity (Wildman–Crippen MR) is 45.2 cm³/mol. The predicted octanol–water partition coefficient (Wildman–Crippen LogP) is 3.12. The molecule has 0 radical (unpaired) electrons. The highest BCUT2D eigenvalue weighted by Gasteiger charge is 2.34. The summed E-state index contributed by atoms with van der Waals surface area (Å²) in [6.07, 6.45) is -8.83. The number of halogens is 6. The molecule has 1 aromatic rings. The van der Waals surface area contributed by atoms with E-state index in [4.69, 9.17) is 5.26 Å². The number of nitrogens with zero attached hydrogens (tertiary/aromatic N) is 2. The molecule has 0 amide bonds. The second-order valence-electron chi connectivity index (χ2n) is 2.99. The van der Waals surface area contributed by atoms with E-state index in [1.807, 2.05) is 0 Å². The van der Waals surface area contributed by atoms with Crippen molar-refractivity contribution >= 4 is 0 Å². The molecule has 0 bridgehead atoms. The van der Waals surface area contributed by atoms with Crippen LogP contribution in [-0.2, 0) is 6.42 Å². The van der Waals surface area contributed by atoms with Crippen molar-refractivity contribution in [2.75, 3.05) is 0 Å². The molecule has 0 atom stereocenters. The Balaban J connectivity index is 3.26. The highest BCUT2D eigenvalue weighted by molar-refractivity contribution is 5.34. The molecule has 0 saturated heterocycles. The SMILES string of the molecule is N#CCc1c(C(F)F)cnc(OC(F)(F)F)c1F. The molecule has 0 aliphatic rings. The summed E-state index contributed by atoms with van der Waals surface area (Å²) in [6.45, 7) is 0. The molecule has 0 N–H and O–H groups in total. The summed E-state index contributed by atoms with van der Waals surface area (Å²) in [5.74, 6) is -3.20. The van der Waals surface area contributed by atoms with E-state index in [9.17, 15) is 26.3 Å². The third kappa shape index (κ3) is 3.26. The first kappa shape index (κ1) is 14.1. The van der Waals surface area contributed by atoms with E-state index in [0.717, 1.165) is 0 Å². The van der Waals surface area contributed by atoms with Gasteiger partial charge < -0.3 is 4.74 Å². The molecule has 0 fully saturated rings. The Labute approximate surface area is 96.6 Å². The van der Waals surface area contributed by atoms with Gasteiger partial charge in [0.1, 0.15) is 0 Å². The maximum Gasteiger partial charge on any atom is 0.574 e. The van der Waals surface area contributed by atoms with Crippen molar-refractivity contribution in [3.8, 4) is 11.9 Å². The number of hydrogen-bond donors (Lipinski definition) is 0. The van der Waals surface area contributed by atoms with Gasteiger partial charge in [0.05, 0.1) is 12.5 Å². The third-order valence-corrected chi connectivity index (χ3v) is 1.83. The average Bonchev–Trinajstić information content (AvgIpc) is 2.22. The summed E-state index contributed by atoms with van der Waals surface area (Å²) in [5.41, 5.74) is -1.80. The molecular weight excluding hydrogens is 266 g/mol. The summed E-state index contributed by atoms with van der Waals surface area (Å²) < 4.78 is 77.1. The van der Waals surface area contributed by atoms with Crippen LogP contribution in [0.5, 0.6) is 5.88 Å². The minimum Gasteiger partial charge on any atom is -0.385 e. The molecule has 0 saturated carbocycles. The number of pyridine rings is 1. The van der Waals surface area contributed by atoms with Crippen molar-refractivity contribution in [1.29, 1.82) is 5.26 Å². The Morgan fingerprint density at radius 3 is 2.44 bits per heavy atom. The van der Waals surface area contributed by atoms with Crippen molar-refractivity contribution in [3.63, 3.8) is 0 Å². The largest absolute Gasteiger partial charge is 0.574 e. The number of rotatable bonds is 3. The molecule has 0 aliphatic heterocycles. The first-order chi connectivity index (χ1) is 8.26. The fraction of sp³-hybridized carbons (Fsp3) is 0.333. The van der Waals surface area contributed by atoms with Crippen LogP contribution in [0, 0.1) is 17.1 Å². The zero-order valence-corrected chi connectivity index (χ0v) is 8.43. The van der Waals surface area contributed by atoms with Gasteiger partial charge in [-0.2, -0.15) is 5.26 Å². The van der Waals surface area contributed by atoms with Crippen LogP contribution in [0.15, 0.2) is 6.20 Å². The molecule has 0 spiro atoms. The van der Waals surface area contributed by atoms with Gasteiger partial charge in [0.15, 0.2) is 5.82 Å². The smallest absolute Gasteiger partial charge is 0.385 e. The van der Waals surface area contributed by atoms with Crippen LogP contribution in [0.1, 0.15) is 17.6 Å². The highest BCUT2D eigenvalue weighted by Crippen LogP contribution is 2.31. The van der Waals surface area contributed by atoms with E-state index in [-0.39, 0.29) is 0 Å². The van der Waals surface area contributed by atoms with Crippen molar-refractivity contribution < 1.29 is 31.1 Å². The zero-order valence-electron chi connectivity index (χ0n) is 8.43. The van der Waals surface area contributed by atoms with E-state index in [1.54, 1.807) is 0 Å². The lowest BCUT2D eigenvalue weighted by Gasteiger charge is -2.12. The lowest BCUT2D eigenvalue weighted by molar-refractivity contribution is -0.277. The van der Waals surface area contributed by atoms with Crippen LogP contribution in [0.2, 0.25) is 0 Å². The van der Waals surface area contributed by atoms with Gasteiger partial charge in [-0.05, 0) is 0 Å². The van der Waals surface area contributed by atoms with Crippen LogP contribution < -0.4 is 4.74 Å². The van der Waals surface area contributed by atoms with Gasteiger partial charge in [-0.3, -0.25) is 0 Å². The lowest BCUT2D eigenvalue weighted by atomic mass is 10.1. The second-order valence-corrected chi connectivity index (χ2v) is 2.99. The first-order valence-electron chi connectivity index (χ1n) is 4.34. The molecule has 1 rings (SSSR count). The standard InChI is InChI=1S/C9H4F6N2O/c10-6-4(1-2-16)5(7(11)12)3-17-8(6)18-9(13,14)15/h3,7H,1H2. The number of hydrogen-bond acceptors (Lipinski definition) is 3. The average molecular weight is 270 g/mol. The quantitative estimate of drug-likeness (QED) is 0.793. The Morgan fingerprint density at radius 1 is 1.39 bits per heavy atom. The zero-order chi connectivity index (χ0) is 13.9. The van der Waals surface area contributed by atoms with E-state index in [1.165, 1.54) is 6.07 Å². The number of ether oxygens (including phenoxy) is 1. The van der Waals surface area contributed by atoms with Gasteiger partial charge in [-0.1, -0.05) is 0 Å². The molecular formula is C9H4F6N2O. The maximum atomic E-state index is 13.4. The van der Waals surface area contributed by atoms with E-state index >= 15 is 0 Å². The second kappa shape index (κ2) is 5.12. The van der Waals surface area contributed by atoms with E-state index in [2.05, 4.69) is 9.72 Å². The van der Waals surface area contributed by atoms with Gasteiger partial charge in [0, 0.05) is 17.3 Å². The Morgan fingerprint density at radius 2 is 2.00 bits per heavy atom. The summed E-state index contributed by atoms with van der Waals surface area (Å²) in [5, 5.41) is 8.33. The van der Waals surface area contributed by atoms with Gasteiger partial charge in [-0.25, -0.2) is 18.2 Å². The third-order valence-electron chi connectivity index (χ3n) is 1.83. The topological polar surface area (TPSA) is 45.9 Å². The highest BCUT2D eigenvalue weighted by atomic mass is 19.4. The minimum atomic E-state index is -5.20. The van der Waals surface area contributed by atoms with Crippen LogP contribution in [0.25, 0.3) is 0 Å². The lowest BCUT2D eigenvalue weighted by Crippen LogP contribution is -2.19. The van der Waals surface area contributed by atoms with Crippen LogP contribution in [0.4, 0.5) is 26.3 Å². The Bertz CT molecular complexity index is 479. The molecule has 3 nitrogen and oxygen atoms in total. The number of nitriles is 1. The molecule has 1 aromatic heterocycles. The monoisotopic (exact) mass is 270 g/mol. The maximum absolute atomic E-state index is 13.4.